The topological polar surface area (TPSA) is 107 Å². The lowest BCUT2D eigenvalue weighted by molar-refractivity contribution is -0.110. The summed E-state index contributed by atoms with van der Waals surface area (Å²) in [5, 5.41) is 13.8. The SMILES string of the molecule is Cc1c(/C=C2\C(=O)Nc3cc(N)c(F)cc32)[nH]c2c1C(O)N(CCN1CCOCC1)CC2. The van der Waals surface area contributed by atoms with Gasteiger partial charge in [0.25, 0.3) is 5.91 Å². The number of ether oxygens (including phenoxy) is 1. The van der Waals surface area contributed by atoms with E-state index in [1.807, 2.05) is 6.92 Å². The molecule has 3 aliphatic heterocycles. The Hall–Kier alpha value is -2.72. The Morgan fingerprint density at radius 3 is 2.84 bits per heavy atom. The van der Waals surface area contributed by atoms with Gasteiger partial charge in [-0.3, -0.25) is 14.6 Å². The van der Waals surface area contributed by atoms with E-state index in [1.54, 1.807) is 6.08 Å². The van der Waals surface area contributed by atoms with Crippen LogP contribution in [0.5, 0.6) is 0 Å². The highest BCUT2D eigenvalue weighted by Gasteiger charge is 2.31. The number of fused-ring (bicyclic) bond motifs is 2. The number of rotatable bonds is 4. The van der Waals surface area contributed by atoms with E-state index in [1.165, 1.54) is 12.1 Å². The molecule has 1 atom stereocenters. The lowest BCUT2D eigenvalue weighted by Gasteiger charge is -2.35. The van der Waals surface area contributed by atoms with Crippen LogP contribution < -0.4 is 11.1 Å². The molecule has 0 bridgehead atoms. The van der Waals surface area contributed by atoms with Crippen LogP contribution in [0.25, 0.3) is 11.6 Å². The summed E-state index contributed by atoms with van der Waals surface area (Å²) in [6, 6.07) is 2.72. The molecule has 170 valence electrons. The summed E-state index contributed by atoms with van der Waals surface area (Å²) >= 11 is 0. The number of nitrogens with zero attached hydrogens (tertiary/aromatic N) is 2. The van der Waals surface area contributed by atoms with E-state index in [4.69, 9.17) is 10.5 Å². The van der Waals surface area contributed by atoms with Crippen LogP contribution in [-0.4, -0.2) is 71.7 Å². The Kier molecular flexibility index (Phi) is 5.50. The minimum atomic E-state index is -0.704. The molecule has 0 saturated carbocycles. The number of aliphatic hydroxyl groups excluding tert-OH is 1. The first-order valence-corrected chi connectivity index (χ1v) is 11.0. The number of morpholine rings is 1. The van der Waals surface area contributed by atoms with Crippen molar-refractivity contribution in [1.29, 1.82) is 0 Å². The highest BCUT2D eigenvalue weighted by molar-refractivity contribution is 6.35. The zero-order valence-electron chi connectivity index (χ0n) is 18.1. The first kappa shape index (κ1) is 21.1. The zero-order chi connectivity index (χ0) is 22.4. The first-order chi connectivity index (χ1) is 15.4. The Labute approximate surface area is 185 Å². The standard InChI is InChI=1S/C23H28FN5O3/c1-13-19(11-15-14-10-16(24)17(25)12-20(14)27-22(15)30)26-18-2-3-29(23(31)21(13)18)5-4-28-6-8-32-9-7-28/h10-12,23,26,31H,2-9,25H2,1H3,(H,27,30)/b15-11-. The van der Waals surface area contributed by atoms with Gasteiger partial charge in [0.05, 0.1) is 30.2 Å². The number of hydrogen-bond acceptors (Lipinski definition) is 6. The van der Waals surface area contributed by atoms with Gasteiger partial charge in [0.2, 0.25) is 0 Å². The van der Waals surface area contributed by atoms with Crippen LogP contribution in [0.1, 0.15) is 34.3 Å². The van der Waals surface area contributed by atoms with Crippen molar-refractivity contribution in [2.45, 2.75) is 19.6 Å². The molecule has 1 unspecified atom stereocenters. The lowest BCUT2D eigenvalue weighted by atomic mass is 10.00. The summed E-state index contributed by atoms with van der Waals surface area (Å²) in [4.78, 5) is 20.4. The van der Waals surface area contributed by atoms with Crippen molar-refractivity contribution >= 4 is 28.9 Å². The summed E-state index contributed by atoms with van der Waals surface area (Å²) in [7, 11) is 0. The van der Waals surface area contributed by atoms with Gasteiger partial charge in [-0.05, 0) is 30.7 Å². The predicted octanol–water partition coefficient (Wildman–Crippen LogP) is 1.72. The molecule has 32 heavy (non-hydrogen) atoms. The molecule has 1 saturated heterocycles. The minimum Gasteiger partial charge on any atom is -0.396 e. The Morgan fingerprint density at radius 1 is 1.28 bits per heavy atom. The number of carbonyl (C=O) groups excluding carboxylic acids is 1. The molecule has 1 fully saturated rings. The van der Waals surface area contributed by atoms with Crippen molar-refractivity contribution in [2.75, 3.05) is 57.0 Å². The minimum absolute atomic E-state index is 0.00267. The van der Waals surface area contributed by atoms with Crippen molar-refractivity contribution in [3.8, 4) is 0 Å². The number of anilines is 2. The highest BCUT2D eigenvalue weighted by Crippen LogP contribution is 2.38. The molecule has 9 heteroatoms. The van der Waals surface area contributed by atoms with Gasteiger partial charge >= 0.3 is 0 Å². The van der Waals surface area contributed by atoms with Crippen LogP contribution in [0, 0.1) is 12.7 Å². The van der Waals surface area contributed by atoms with Gasteiger partial charge in [-0.2, -0.15) is 0 Å². The fourth-order valence-corrected chi connectivity index (χ4v) is 4.79. The van der Waals surface area contributed by atoms with Gasteiger partial charge in [0, 0.05) is 61.7 Å². The number of benzene rings is 1. The highest BCUT2D eigenvalue weighted by atomic mass is 19.1. The molecule has 1 aromatic heterocycles. The summed E-state index contributed by atoms with van der Waals surface area (Å²) < 4.78 is 19.4. The molecule has 0 radical (unpaired) electrons. The summed E-state index contributed by atoms with van der Waals surface area (Å²) in [6.45, 7) is 7.72. The zero-order valence-corrected chi connectivity index (χ0v) is 18.1. The molecular weight excluding hydrogens is 413 g/mol. The molecule has 0 aliphatic carbocycles. The molecular formula is C23H28FN5O3. The number of hydrogen-bond donors (Lipinski definition) is 4. The molecule has 0 spiro atoms. The number of nitrogens with one attached hydrogen (secondary N) is 2. The molecule has 5 rings (SSSR count). The number of aromatic amines is 1. The smallest absolute Gasteiger partial charge is 0.256 e. The van der Waals surface area contributed by atoms with E-state index < -0.39 is 12.0 Å². The molecule has 2 aromatic rings. The van der Waals surface area contributed by atoms with Gasteiger partial charge < -0.3 is 25.9 Å². The number of carbonyl (C=O) groups is 1. The lowest BCUT2D eigenvalue weighted by Crippen LogP contribution is -2.44. The van der Waals surface area contributed by atoms with E-state index in [2.05, 4.69) is 20.1 Å². The second-order valence-corrected chi connectivity index (χ2v) is 8.60. The van der Waals surface area contributed by atoms with Crippen LogP contribution in [0.2, 0.25) is 0 Å². The molecule has 1 aromatic carbocycles. The van der Waals surface area contributed by atoms with E-state index in [0.29, 0.717) is 16.8 Å². The molecule has 5 N–H and O–H groups in total. The number of H-pyrrole nitrogens is 1. The van der Waals surface area contributed by atoms with Crippen molar-refractivity contribution in [1.82, 2.24) is 14.8 Å². The van der Waals surface area contributed by atoms with E-state index in [-0.39, 0.29) is 11.6 Å². The summed E-state index contributed by atoms with van der Waals surface area (Å²) in [5.41, 5.74) is 10.5. The van der Waals surface area contributed by atoms with Crippen LogP contribution in [0.3, 0.4) is 0 Å². The maximum Gasteiger partial charge on any atom is 0.256 e. The van der Waals surface area contributed by atoms with Gasteiger partial charge in [0.1, 0.15) is 12.0 Å². The third kappa shape index (κ3) is 3.71. The quantitative estimate of drug-likeness (QED) is 0.425. The van der Waals surface area contributed by atoms with E-state index in [9.17, 15) is 14.3 Å². The van der Waals surface area contributed by atoms with E-state index in [0.717, 1.165) is 74.9 Å². The van der Waals surface area contributed by atoms with Gasteiger partial charge in [-0.25, -0.2) is 4.39 Å². The summed E-state index contributed by atoms with van der Waals surface area (Å²) in [6.07, 6.45) is 1.81. The van der Waals surface area contributed by atoms with Crippen LogP contribution in [0.15, 0.2) is 12.1 Å². The third-order valence-corrected chi connectivity index (χ3v) is 6.69. The van der Waals surface area contributed by atoms with Crippen molar-refractivity contribution < 1.29 is 19.0 Å². The van der Waals surface area contributed by atoms with E-state index >= 15 is 0 Å². The average Bonchev–Trinajstić information content (AvgIpc) is 3.25. The number of aliphatic hydroxyl groups is 1. The van der Waals surface area contributed by atoms with Crippen LogP contribution in [0.4, 0.5) is 15.8 Å². The number of halogens is 1. The second-order valence-electron chi connectivity index (χ2n) is 8.60. The maximum absolute atomic E-state index is 14.0. The normalized spacial score (nSPS) is 22.8. The fourth-order valence-electron chi connectivity index (χ4n) is 4.79. The molecule has 4 heterocycles. The largest absolute Gasteiger partial charge is 0.396 e. The predicted molar refractivity (Wildman–Crippen MR) is 120 cm³/mol. The number of aromatic nitrogens is 1. The van der Waals surface area contributed by atoms with Gasteiger partial charge in [-0.1, -0.05) is 0 Å². The first-order valence-electron chi connectivity index (χ1n) is 11.0. The Morgan fingerprint density at radius 2 is 2.06 bits per heavy atom. The van der Waals surface area contributed by atoms with Gasteiger partial charge in [-0.15, -0.1) is 0 Å². The molecule has 8 nitrogen and oxygen atoms in total. The Balaban J connectivity index is 1.39. The second kappa shape index (κ2) is 8.32. The number of nitrogen functional groups attached to an aromatic ring is 1. The molecule has 3 aliphatic rings. The van der Waals surface area contributed by atoms with Crippen LogP contribution in [-0.2, 0) is 16.0 Å². The number of nitrogens with two attached hydrogens (primary N) is 1. The van der Waals surface area contributed by atoms with Crippen LogP contribution >= 0.6 is 0 Å². The number of amides is 1. The monoisotopic (exact) mass is 441 g/mol. The van der Waals surface area contributed by atoms with Crippen molar-refractivity contribution in [3.05, 3.63) is 46.0 Å². The molecule has 1 amide bonds. The Bertz CT molecular complexity index is 1090. The van der Waals surface area contributed by atoms with Crippen molar-refractivity contribution in [3.63, 3.8) is 0 Å². The maximum atomic E-state index is 14.0. The fraction of sp³-hybridized carbons (Fsp3) is 0.435. The summed E-state index contributed by atoms with van der Waals surface area (Å²) in [5.74, 6) is -0.857. The van der Waals surface area contributed by atoms with Crippen molar-refractivity contribution in [2.24, 2.45) is 0 Å². The third-order valence-electron chi connectivity index (χ3n) is 6.69. The average molecular weight is 442 g/mol. The van der Waals surface area contributed by atoms with Gasteiger partial charge in [0.15, 0.2) is 0 Å².